The molecule has 28 heavy (non-hydrogen) atoms. The number of alkyl halides is 3. The fraction of sp³-hybridized carbons (Fsp3) is 0.500. The van der Waals surface area contributed by atoms with E-state index in [1.807, 2.05) is 30.3 Å². The maximum Gasteiger partial charge on any atom is 0.491 e. The fourth-order valence-corrected chi connectivity index (χ4v) is 3.42. The zero-order chi connectivity index (χ0) is 20.9. The molecular formula is C18H21F3N2O4S. The summed E-state index contributed by atoms with van der Waals surface area (Å²) in [6, 6.07) is 8.22. The molecule has 1 fully saturated rings. The molecule has 0 aromatic heterocycles. The van der Waals surface area contributed by atoms with Crippen molar-refractivity contribution in [3.8, 4) is 0 Å². The molecule has 0 bridgehead atoms. The first-order valence-electron chi connectivity index (χ1n) is 8.60. The first-order valence-corrected chi connectivity index (χ1v) is 9.04. The minimum Gasteiger partial charge on any atom is -0.385 e. The number of rotatable bonds is 5. The topological polar surface area (TPSA) is 75.7 Å². The van der Waals surface area contributed by atoms with E-state index in [0.29, 0.717) is 32.5 Å². The molecule has 1 heterocycles. The van der Waals surface area contributed by atoms with Crippen molar-refractivity contribution in [3.05, 3.63) is 35.9 Å². The fourth-order valence-electron chi connectivity index (χ4n) is 3.05. The van der Waals surface area contributed by atoms with E-state index >= 15 is 0 Å². The van der Waals surface area contributed by atoms with E-state index in [1.165, 1.54) is 0 Å². The molecule has 0 saturated carbocycles. The normalized spacial score (nSPS) is 18.2. The highest BCUT2D eigenvalue weighted by molar-refractivity contribution is 7.82. The van der Waals surface area contributed by atoms with Crippen molar-refractivity contribution in [2.24, 2.45) is 0 Å². The van der Waals surface area contributed by atoms with Gasteiger partial charge in [-0.05, 0) is 31.5 Å². The molecule has 1 aliphatic heterocycles. The Bertz CT molecular complexity index is 719. The number of nitrogens with one attached hydrogen (secondary N) is 1. The van der Waals surface area contributed by atoms with Gasteiger partial charge in [0.1, 0.15) is 6.04 Å². The van der Waals surface area contributed by atoms with Gasteiger partial charge in [-0.2, -0.15) is 25.8 Å². The largest absolute Gasteiger partial charge is 0.491 e. The van der Waals surface area contributed by atoms with E-state index in [2.05, 4.69) is 27.6 Å². The van der Waals surface area contributed by atoms with Gasteiger partial charge in [0.05, 0.1) is 0 Å². The van der Waals surface area contributed by atoms with Crippen molar-refractivity contribution in [2.45, 2.75) is 43.3 Å². The number of nitrogens with zero attached hydrogens (tertiary/aromatic N) is 1. The second-order valence-corrected chi connectivity index (χ2v) is 7.60. The van der Waals surface area contributed by atoms with Crippen molar-refractivity contribution >= 4 is 30.5 Å². The maximum atomic E-state index is 12.4. The number of amides is 1. The van der Waals surface area contributed by atoms with E-state index < -0.39 is 34.8 Å². The average Bonchev–Trinajstić information content (AvgIpc) is 2.61. The molecule has 154 valence electrons. The average molecular weight is 418 g/mol. The third kappa shape index (κ3) is 5.96. The summed E-state index contributed by atoms with van der Waals surface area (Å²) in [4.78, 5) is 36.8. The number of halogens is 3. The number of ether oxygens (including phenoxy) is 1. The summed E-state index contributed by atoms with van der Waals surface area (Å²) in [5.74, 6) is -4.73. The van der Waals surface area contributed by atoms with Crippen molar-refractivity contribution in [3.63, 3.8) is 0 Å². The highest BCUT2D eigenvalue weighted by Gasteiger charge is 2.48. The molecule has 1 aliphatic rings. The van der Waals surface area contributed by atoms with E-state index in [1.54, 1.807) is 0 Å². The molecule has 2 rings (SSSR count). The van der Waals surface area contributed by atoms with Gasteiger partial charge >= 0.3 is 18.1 Å². The molecule has 10 heteroatoms. The summed E-state index contributed by atoms with van der Waals surface area (Å²) in [7, 11) is 0. The van der Waals surface area contributed by atoms with Gasteiger partial charge in [-0.3, -0.25) is 9.69 Å². The van der Waals surface area contributed by atoms with Gasteiger partial charge in [-0.25, -0.2) is 9.59 Å². The quantitative estimate of drug-likeness (QED) is 0.435. The van der Waals surface area contributed by atoms with Crippen LogP contribution in [0, 0.1) is 0 Å². The summed E-state index contributed by atoms with van der Waals surface area (Å²) in [5, 5.41) is 2.28. The lowest BCUT2D eigenvalue weighted by Gasteiger charge is -2.42. The van der Waals surface area contributed by atoms with Crippen LogP contribution in [0.3, 0.4) is 0 Å². The van der Waals surface area contributed by atoms with Gasteiger partial charge in [-0.15, -0.1) is 0 Å². The molecule has 1 aromatic rings. The number of carbonyl (C=O) groups is 3. The molecule has 0 spiro atoms. The standard InChI is InChI=1S/C18H21F3N2O4S/c1-12(24)22-14(15(25)27-16(26)18(19,20)21)17(28)7-9-23(10-8-17)11-13-5-3-2-4-6-13/h2-6,14,28H,7-11H2,1H3,(H,22,24)/t14-/m0/s1. The van der Waals surface area contributed by atoms with Gasteiger partial charge in [0.25, 0.3) is 0 Å². The van der Waals surface area contributed by atoms with Crippen molar-refractivity contribution in [1.29, 1.82) is 0 Å². The smallest absolute Gasteiger partial charge is 0.385 e. The van der Waals surface area contributed by atoms with Crippen LogP contribution in [0.1, 0.15) is 25.3 Å². The second kappa shape index (κ2) is 8.95. The second-order valence-electron chi connectivity index (χ2n) is 6.71. The van der Waals surface area contributed by atoms with Crippen LogP contribution in [-0.2, 0) is 25.7 Å². The van der Waals surface area contributed by atoms with Crippen LogP contribution in [0.15, 0.2) is 30.3 Å². The van der Waals surface area contributed by atoms with Crippen LogP contribution in [0.25, 0.3) is 0 Å². The van der Waals surface area contributed by atoms with E-state index in [4.69, 9.17) is 0 Å². The first kappa shape index (κ1) is 22.2. The van der Waals surface area contributed by atoms with Crippen molar-refractivity contribution in [1.82, 2.24) is 10.2 Å². The van der Waals surface area contributed by atoms with Crippen molar-refractivity contribution < 1.29 is 32.3 Å². The number of hydrogen-bond donors (Lipinski definition) is 2. The van der Waals surface area contributed by atoms with E-state index in [0.717, 1.165) is 12.5 Å². The highest BCUT2D eigenvalue weighted by atomic mass is 32.1. The molecule has 1 N–H and O–H groups in total. The lowest BCUT2D eigenvalue weighted by atomic mass is 9.87. The minimum atomic E-state index is -5.31. The summed E-state index contributed by atoms with van der Waals surface area (Å²) in [6.45, 7) is 2.81. The predicted octanol–water partition coefficient (Wildman–Crippen LogP) is 2.09. The summed E-state index contributed by atoms with van der Waals surface area (Å²) in [5.41, 5.74) is 1.10. The molecule has 1 aromatic carbocycles. The van der Waals surface area contributed by atoms with Gasteiger partial charge in [0.2, 0.25) is 5.91 Å². The number of piperidine rings is 1. The lowest BCUT2D eigenvalue weighted by Crippen LogP contribution is -2.58. The van der Waals surface area contributed by atoms with Gasteiger partial charge in [0, 0.05) is 18.2 Å². The molecule has 1 amide bonds. The molecular weight excluding hydrogens is 397 g/mol. The number of hydrogen-bond acceptors (Lipinski definition) is 6. The Morgan fingerprint density at radius 1 is 1.21 bits per heavy atom. The third-order valence-corrected chi connectivity index (χ3v) is 5.22. The highest BCUT2D eigenvalue weighted by Crippen LogP contribution is 2.34. The molecule has 1 saturated heterocycles. The Morgan fingerprint density at radius 3 is 2.29 bits per heavy atom. The third-order valence-electron chi connectivity index (χ3n) is 4.52. The Labute approximate surface area is 165 Å². The number of carbonyl (C=O) groups excluding carboxylic acids is 3. The summed E-state index contributed by atoms with van der Waals surface area (Å²) in [6.07, 6.45) is -4.69. The SMILES string of the molecule is CC(=O)N[C@@H](C(=O)OC(=O)C(F)(F)F)C1(S)CCN(Cc2ccccc2)CC1. The molecule has 1 atom stereocenters. The van der Waals surface area contributed by atoms with Crippen LogP contribution in [0.5, 0.6) is 0 Å². The van der Waals surface area contributed by atoms with Gasteiger partial charge < -0.3 is 10.1 Å². The van der Waals surface area contributed by atoms with Gasteiger partial charge in [0.15, 0.2) is 0 Å². The van der Waals surface area contributed by atoms with Crippen LogP contribution in [0.2, 0.25) is 0 Å². The summed E-state index contributed by atoms with van der Waals surface area (Å²) >= 11 is 4.49. The van der Waals surface area contributed by atoms with E-state index in [-0.39, 0.29) is 0 Å². The number of esters is 2. The molecule has 6 nitrogen and oxygen atoms in total. The van der Waals surface area contributed by atoms with E-state index in [9.17, 15) is 27.6 Å². The van der Waals surface area contributed by atoms with Crippen LogP contribution in [0.4, 0.5) is 13.2 Å². The predicted molar refractivity (Wildman–Crippen MR) is 97.4 cm³/mol. The zero-order valence-corrected chi connectivity index (χ0v) is 16.1. The van der Waals surface area contributed by atoms with Crippen LogP contribution in [-0.4, -0.2) is 52.8 Å². The summed E-state index contributed by atoms with van der Waals surface area (Å²) < 4.78 is 40.0. The lowest BCUT2D eigenvalue weighted by molar-refractivity contribution is -0.202. The van der Waals surface area contributed by atoms with Crippen molar-refractivity contribution in [2.75, 3.05) is 13.1 Å². The number of benzene rings is 1. The minimum absolute atomic E-state index is 0.309. The Hall–Kier alpha value is -2.07. The Balaban J connectivity index is 2.05. The maximum absolute atomic E-state index is 12.4. The zero-order valence-electron chi connectivity index (χ0n) is 15.2. The Morgan fingerprint density at radius 2 is 1.79 bits per heavy atom. The number of likely N-dealkylation sites (tertiary alicyclic amines) is 1. The molecule has 0 unspecified atom stereocenters. The monoisotopic (exact) mass is 418 g/mol. The van der Waals surface area contributed by atoms with Crippen LogP contribution >= 0.6 is 12.6 Å². The Kier molecular flexibility index (Phi) is 7.11. The van der Waals surface area contributed by atoms with Crippen LogP contribution < -0.4 is 5.32 Å². The first-order chi connectivity index (χ1) is 13.0. The number of thiol groups is 1. The molecule has 0 radical (unpaired) electrons. The van der Waals surface area contributed by atoms with Gasteiger partial charge in [-0.1, -0.05) is 30.3 Å². The molecule has 0 aliphatic carbocycles.